The number of ether oxygens (including phenoxy) is 1. The van der Waals surface area contributed by atoms with Crippen LogP contribution in [-0.4, -0.2) is 26.4 Å². The van der Waals surface area contributed by atoms with Crippen LogP contribution in [0.4, 0.5) is 5.69 Å². The van der Waals surface area contributed by atoms with Crippen LogP contribution in [0.2, 0.25) is 5.02 Å². The molecular weight excluding hydrogens is 458 g/mol. The summed E-state index contributed by atoms with van der Waals surface area (Å²) >= 11 is 7.34. The maximum atomic E-state index is 12.5. The molecule has 0 fully saturated rings. The third-order valence-corrected chi connectivity index (χ3v) is 5.69. The third-order valence-electron chi connectivity index (χ3n) is 4.51. The molecule has 0 atom stereocenters. The quantitative estimate of drug-likeness (QED) is 0.356. The molecule has 0 aliphatic heterocycles. The first-order valence-corrected chi connectivity index (χ1v) is 11.3. The standard InChI is InChI=1S/C24H18ClN5O2S/c25-19-6-2-8-21(11-19)30-16-27-29-24(30)33-15-23(31)28-20-7-3-9-22(12-20)32-14-18-5-1-4-17(10-18)13-26/h1-12,16H,14-15H2,(H,28,31). The fourth-order valence-corrected chi connectivity index (χ4v) is 3.93. The highest BCUT2D eigenvalue weighted by Gasteiger charge is 2.11. The molecule has 1 heterocycles. The molecule has 0 bridgehead atoms. The lowest BCUT2D eigenvalue weighted by molar-refractivity contribution is -0.113. The zero-order valence-electron chi connectivity index (χ0n) is 17.3. The van der Waals surface area contributed by atoms with Gasteiger partial charge in [-0.25, -0.2) is 0 Å². The predicted octanol–water partition coefficient (Wildman–Crippen LogP) is 5.10. The number of thioether (sulfide) groups is 1. The lowest BCUT2D eigenvalue weighted by Crippen LogP contribution is -2.14. The van der Waals surface area contributed by atoms with Gasteiger partial charge in [-0.2, -0.15) is 5.26 Å². The first-order chi connectivity index (χ1) is 16.1. The Morgan fingerprint density at radius 2 is 1.97 bits per heavy atom. The molecule has 0 unspecified atom stereocenters. The summed E-state index contributed by atoms with van der Waals surface area (Å²) in [5, 5.41) is 21.1. The van der Waals surface area contributed by atoms with E-state index in [1.54, 1.807) is 53.4 Å². The van der Waals surface area contributed by atoms with Crippen LogP contribution in [-0.2, 0) is 11.4 Å². The van der Waals surface area contributed by atoms with Gasteiger partial charge in [-0.05, 0) is 48.0 Å². The van der Waals surface area contributed by atoms with Crippen molar-refractivity contribution in [2.45, 2.75) is 11.8 Å². The molecule has 0 saturated heterocycles. The van der Waals surface area contributed by atoms with Gasteiger partial charge in [-0.1, -0.05) is 47.6 Å². The van der Waals surface area contributed by atoms with Crippen molar-refractivity contribution < 1.29 is 9.53 Å². The van der Waals surface area contributed by atoms with Gasteiger partial charge in [-0.15, -0.1) is 10.2 Å². The molecular formula is C24H18ClN5O2S. The van der Waals surface area contributed by atoms with E-state index in [1.807, 2.05) is 30.3 Å². The van der Waals surface area contributed by atoms with Gasteiger partial charge in [0.15, 0.2) is 5.16 Å². The minimum atomic E-state index is -0.181. The molecule has 1 aromatic heterocycles. The number of aromatic nitrogens is 3. The summed E-state index contributed by atoms with van der Waals surface area (Å²) in [4.78, 5) is 12.5. The number of carbonyl (C=O) groups excluding carboxylic acids is 1. The molecule has 7 nitrogen and oxygen atoms in total. The summed E-state index contributed by atoms with van der Waals surface area (Å²) in [6.07, 6.45) is 1.58. The molecule has 0 aliphatic rings. The van der Waals surface area contributed by atoms with E-state index >= 15 is 0 Å². The van der Waals surface area contributed by atoms with Gasteiger partial charge < -0.3 is 10.1 Å². The molecule has 164 valence electrons. The topological polar surface area (TPSA) is 92.8 Å². The molecule has 9 heteroatoms. The number of benzene rings is 3. The van der Waals surface area contributed by atoms with E-state index in [0.717, 1.165) is 11.3 Å². The normalized spacial score (nSPS) is 10.4. The molecule has 4 rings (SSSR count). The number of nitriles is 1. The van der Waals surface area contributed by atoms with Crippen LogP contribution in [0.1, 0.15) is 11.1 Å². The lowest BCUT2D eigenvalue weighted by Gasteiger charge is -2.10. The second-order valence-electron chi connectivity index (χ2n) is 6.93. The van der Waals surface area contributed by atoms with Crippen molar-refractivity contribution >= 4 is 35.0 Å². The zero-order valence-corrected chi connectivity index (χ0v) is 18.9. The number of hydrogen-bond acceptors (Lipinski definition) is 6. The summed E-state index contributed by atoms with van der Waals surface area (Å²) in [5.74, 6) is 0.591. The Kier molecular flexibility index (Phi) is 7.25. The van der Waals surface area contributed by atoms with Crippen molar-refractivity contribution in [1.29, 1.82) is 5.26 Å². The Labute approximate surface area is 200 Å². The van der Waals surface area contributed by atoms with E-state index in [2.05, 4.69) is 21.6 Å². The van der Waals surface area contributed by atoms with Crippen LogP contribution in [0.5, 0.6) is 5.75 Å². The highest BCUT2D eigenvalue weighted by atomic mass is 35.5. The Morgan fingerprint density at radius 1 is 1.12 bits per heavy atom. The fraction of sp³-hybridized carbons (Fsp3) is 0.0833. The monoisotopic (exact) mass is 475 g/mol. The molecule has 0 aliphatic carbocycles. The van der Waals surface area contributed by atoms with Crippen molar-refractivity contribution in [3.05, 3.63) is 95.3 Å². The average molecular weight is 476 g/mol. The summed E-state index contributed by atoms with van der Waals surface area (Å²) < 4.78 is 7.59. The van der Waals surface area contributed by atoms with Crippen LogP contribution in [0.3, 0.4) is 0 Å². The second kappa shape index (κ2) is 10.7. The van der Waals surface area contributed by atoms with Gasteiger partial charge in [-0.3, -0.25) is 9.36 Å². The summed E-state index contributed by atoms with van der Waals surface area (Å²) in [7, 11) is 0. The van der Waals surface area contributed by atoms with E-state index in [0.29, 0.717) is 33.8 Å². The SMILES string of the molecule is N#Cc1cccc(COc2cccc(NC(=O)CSc3nncn3-c3cccc(Cl)c3)c2)c1. The van der Waals surface area contributed by atoms with Crippen LogP contribution in [0.25, 0.3) is 5.69 Å². The summed E-state index contributed by atoms with van der Waals surface area (Å²) in [6, 6.07) is 23.8. The van der Waals surface area contributed by atoms with Crippen LogP contribution >= 0.6 is 23.4 Å². The number of nitrogens with one attached hydrogen (secondary N) is 1. The van der Waals surface area contributed by atoms with Gasteiger partial charge in [0, 0.05) is 16.8 Å². The first-order valence-electron chi connectivity index (χ1n) is 9.91. The Balaban J connectivity index is 1.33. The Morgan fingerprint density at radius 3 is 2.82 bits per heavy atom. The van der Waals surface area contributed by atoms with E-state index in [1.165, 1.54) is 11.8 Å². The van der Waals surface area contributed by atoms with Crippen molar-refractivity contribution in [3.63, 3.8) is 0 Å². The number of carbonyl (C=O) groups is 1. The molecule has 0 spiro atoms. The number of hydrogen-bond donors (Lipinski definition) is 1. The first kappa shape index (κ1) is 22.4. The largest absolute Gasteiger partial charge is 0.489 e. The van der Waals surface area contributed by atoms with Gasteiger partial charge in [0.1, 0.15) is 18.7 Å². The van der Waals surface area contributed by atoms with Gasteiger partial charge >= 0.3 is 0 Å². The number of anilines is 1. The number of halogens is 1. The van der Waals surface area contributed by atoms with Gasteiger partial charge in [0.2, 0.25) is 5.91 Å². The summed E-state index contributed by atoms with van der Waals surface area (Å²) in [5.41, 5.74) is 2.92. The lowest BCUT2D eigenvalue weighted by atomic mass is 10.1. The van der Waals surface area contributed by atoms with Crippen LogP contribution in [0, 0.1) is 11.3 Å². The minimum absolute atomic E-state index is 0.158. The van der Waals surface area contributed by atoms with E-state index in [4.69, 9.17) is 21.6 Å². The summed E-state index contributed by atoms with van der Waals surface area (Å²) in [6.45, 7) is 0.321. The Hall–Kier alpha value is -3.80. The van der Waals surface area contributed by atoms with E-state index in [9.17, 15) is 4.79 Å². The predicted molar refractivity (Wildman–Crippen MR) is 128 cm³/mol. The maximum Gasteiger partial charge on any atom is 0.234 e. The van der Waals surface area contributed by atoms with Gasteiger partial charge in [0.05, 0.1) is 23.1 Å². The van der Waals surface area contributed by atoms with Crippen LogP contribution in [0.15, 0.2) is 84.3 Å². The molecule has 0 saturated carbocycles. The molecule has 1 amide bonds. The third kappa shape index (κ3) is 6.13. The van der Waals surface area contributed by atoms with Crippen molar-refractivity contribution in [3.8, 4) is 17.5 Å². The molecule has 33 heavy (non-hydrogen) atoms. The second-order valence-corrected chi connectivity index (χ2v) is 8.31. The minimum Gasteiger partial charge on any atom is -0.489 e. The highest BCUT2D eigenvalue weighted by molar-refractivity contribution is 7.99. The molecule has 0 radical (unpaired) electrons. The maximum absolute atomic E-state index is 12.5. The average Bonchev–Trinajstić information content (AvgIpc) is 3.31. The smallest absolute Gasteiger partial charge is 0.234 e. The molecule has 4 aromatic rings. The fourth-order valence-electron chi connectivity index (χ4n) is 3.01. The molecule has 1 N–H and O–H groups in total. The van der Waals surface area contributed by atoms with E-state index in [-0.39, 0.29) is 11.7 Å². The number of nitrogens with zero attached hydrogens (tertiary/aromatic N) is 4. The number of amides is 1. The van der Waals surface area contributed by atoms with E-state index < -0.39 is 0 Å². The zero-order chi connectivity index (χ0) is 23.0. The number of rotatable bonds is 8. The Bertz CT molecular complexity index is 1320. The van der Waals surface area contributed by atoms with Crippen molar-refractivity contribution in [1.82, 2.24) is 14.8 Å². The van der Waals surface area contributed by atoms with Crippen molar-refractivity contribution in [2.24, 2.45) is 0 Å². The highest BCUT2D eigenvalue weighted by Crippen LogP contribution is 2.23. The van der Waals surface area contributed by atoms with Crippen molar-refractivity contribution in [2.75, 3.05) is 11.1 Å². The van der Waals surface area contributed by atoms with Gasteiger partial charge in [0.25, 0.3) is 0 Å². The molecule has 3 aromatic carbocycles. The van der Waals surface area contributed by atoms with Crippen LogP contribution < -0.4 is 10.1 Å².